The van der Waals surface area contributed by atoms with E-state index in [1.54, 1.807) is 0 Å². The predicted octanol–water partition coefficient (Wildman–Crippen LogP) is 0.219. The van der Waals surface area contributed by atoms with Crippen molar-refractivity contribution in [3.63, 3.8) is 0 Å². The minimum absolute atomic E-state index is 0.164. The zero-order valence-corrected chi connectivity index (χ0v) is 6.30. The fourth-order valence-electron chi connectivity index (χ4n) is 0.322. The average molecular weight is 160 g/mol. The number of aliphatic carboxylic acids is 1. The molecule has 0 spiro atoms. The Bertz CT molecular complexity index is 194. The van der Waals surface area contributed by atoms with Crippen LogP contribution in [0.5, 0.6) is 0 Å². The summed E-state index contributed by atoms with van der Waals surface area (Å²) in [4.78, 5) is 13.7. The summed E-state index contributed by atoms with van der Waals surface area (Å²) in [7, 11) is 0. The molecule has 0 saturated carbocycles. The molecule has 0 heterocycles. The maximum Gasteiger partial charge on any atom is 0.355 e. The predicted molar refractivity (Wildman–Crippen MR) is 42.0 cm³/mol. The Morgan fingerprint density at radius 2 is 2.30 bits per heavy atom. The molecule has 0 aromatic heterocycles. The molecular formula is C5H8N2O2S. The van der Waals surface area contributed by atoms with E-state index in [9.17, 15) is 4.79 Å². The molecule has 0 rings (SSSR count). The summed E-state index contributed by atoms with van der Waals surface area (Å²) in [5, 5.41) is 9.42. The van der Waals surface area contributed by atoms with Gasteiger partial charge in [0, 0.05) is 5.41 Å². The van der Waals surface area contributed by atoms with Crippen molar-refractivity contribution < 1.29 is 9.90 Å². The van der Waals surface area contributed by atoms with Crippen molar-refractivity contribution in [1.82, 2.24) is 0 Å². The summed E-state index contributed by atoms with van der Waals surface area (Å²) >= 11 is 3.62. The molecule has 0 atom stereocenters. The van der Waals surface area contributed by atoms with Crippen molar-refractivity contribution in [1.29, 1.82) is 0 Å². The van der Waals surface area contributed by atoms with Gasteiger partial charge >= 0.3 is 5.97 Å². The Morgan fingerprint density at radius 3 is 2.40 bits per heavy atom. The number of hydrogen-bond donors (Lipinski definition) is 3. The van der Waals surface area contributed by atoms with Gasteiger partial charge in [0.1, 0.15) is 0 Å². The second-order valence-electron chi connectivity index (χ2n) is 1.57. The highest BCUT2D eigenvalue weighted by Gasteiger charge is 2.02. The topological polar surface area (TPSA) is 75.7 Å². The molecule has 0 aromatic carbocycles. The molecule has 0 radical (unpaired) electrons. The lowest BCUT2D eigenvalue weighted by molar-refractivity contribution is -0.132. The van der Waals surface area contributed by atoms with Crippen LogP contribution >= 0.6 is 12.6 Å². The first kappa shape index (κ1) is 9.03. The van der Waals surface area contributed by atoms with Crippen molar-refractivity contribution >= 4 is 24.4 Å². The number of hydrogen-bond acceptors (Lipinski definition) is 3. The highest BCUT2D eigenvalue weighted by molar-refractivity contribution is 7.83. The van der Waals surface area contributed by atoms with Crippen molar-refractivity contribution in [2.45, 2.75) is 6.92 Å². The van der Waals surface area contributed by atoms with E-state index in [-0.39, 0.29) is 11.5 Å². The van der Waals surface area contributed by atoms with E-state index in [1.165, 1.54) is 6.92 Å². The van der Waals surface area contributed by atoms with Crippen molar-refractivity contribution in [2.75, 3.05) is 0 Å². The van der Waals surface area contributed by atoms with Crippen LogP contribution in [0.2, 0.25) is 0 Å². The summed E-state index contributed by atoms with van der Waals surface area (Å²) in [5.74, 6) is -0.942. The Morgan fingerprint density at radius 1 is 1.80 bits per heavy atom. The smallest absolute Gasteiger partial charge is 0.355 e. The van der Waals surface area contributed by atoms with Gasteiger partial charge < -0.3 is 10.8 Å². The van der Waals surface area contributed by atoms with E-state index < -0.39 is 5.97 Å². The molecule has 0 unspecified atom stereocenters. The molecule has 4 nitrogen and oxygen atoms in total. The quantitative estimate of drug-likeness (QED) is 0.234. The van der Waals surface area contributed by atoms with E-state index in [1.807, 2.05) is 0 Å². The van der Waals surface area contributed by atoms with Gasteiger partial charge in [0.25, 0.3) is 0 Å². The van der Waals surface area contributed by atoms with Crippen molar-refractivity contribution in [3.8, 4) is 0 Å². The van der Waals surface area contributed by atoms with Crippen LogP contribution < -0.4 is 5.73 Å². The standard InChI is InChI=1S/C5H8N2O2S/c1-3(6)7-4(2-10)5(8)9/h2,10H,1H3,(H2,6,7)(H,8,9)/b4-2-. The third-order valence-electron chi connectivity index (χ3n) is 0.638. The first-order valence-corrected chi connectivity index (χ1v) is 2.98. The van der Waals surface area contributed by atoms with E-state index in [2.05, 4.69) is 17.6 Å². The lowest BCUT2D eigenvalue weighted by Crippen LogP contribution is -2.08. The number of carbonyl (C=O) groups is 1. The summed E-state index contributed by atoms with van der Waals surface area (Å²) in [6.45, 7) is 1.50. The third kappa shape index (κ3) is 3.13. The summed E-state index contributed by atoms with van der Waals surface area (Å²) in [6, 6.07) is 0. The number of nitrogens with two attached hydrogens (primary N) is 1. The Hall–Kier alpha value is -0.970. The number of rotatable bonds is 2. The monoisotopic (exact) mass is 160 g/mol. The molecule has 3 N–H and O–H groups in total. The first-order valence-electron chi connectivity index (χ1n) is 2.46. The van der Waals surface area contributed by atoms with Crippen LogP contribution in [0.3, 0.4) is 0 Å². The number of amidine groups is 1. The van der Waals surface area contributed by atoms with Crippen LogP contribution in [-0.2, 0) is 4.79 Å². The molecule has 0 bridgehead atoms. The molecule has 0 fully saturated rings. The SMILES string of the molecule is C/C(N)=N\C(=C/S)C(=O)O. The van der Waals surface area contributed by atoms with Crippen LogP contribution in [-0.4, -0.2) is 16.9 Å². The number of thiol groups is 1. The second kappa shape index (κ2) is 3.94. The highest BCUT2D eigenvalue weighted by atomic mass is 32.1. The zero-order chi connectivity index (χ0) is 8.15. The van der Waals surface area contributed by atoms with E-state index in [0.717, 1.165) is 5.41 Å². The van der Waals surface area contributed by atoms with Gasteiger partial charge in [-0.15, -0.1) is 12.6 Å². The van der Waals surface area contributed by atoms with Crippen LogP contribution in [0.25, 0.3) is 0 Å². The fourth-order valence-corrected chi connectivity index (χ4v) is 0.490. The summed E-state index contributed by atoms with van der Waals surface area (Å²) in [5.41, 5.74) is 4.95. The molecule has 0 aliphatic carbocycles. The lowest BCUT2D eigenvalue weighted by Gasteiger charge is -1.91. The fraction of sp³-hybridized carbons (Fsp3) is 0.200. The van der Waals surface area contributed by atoms with E-state index >= 15 is 0 Å². The molecule has 5 heteroatoms. The van der Waals surface area contributed by atoms with Gasteiger partial charge in [0.05, 0.1) is 5.84 Å². The van der Waals surface area contributed by atoms with E-state index in [0.29, 0.717) is 0 Å². The van der Waals surface area contributed by atoms with Crippen LogP contribution in [0.15, 0.2) is 16.1 Å². The first-order chi connectivity index (χ1) is 4.57. The Kier molecular flexibility index (Phi) is 3.56. The van der Waals surface area contributed by atoms with Crippen LogP contribution in [0.1, 0.15) is 6.92 Å². The van der Waals surface area contributed by atoms with Crippen LogP contribution in [0.4, 0.5) is 0 Å². The van der Waals surface area contributed by atoms with Gasteiger partial charge in [0.2, 0.25) is 0 Å². The van der Waals surface area contributed by atoms with Gasteiger partial charge in [-0.2, -0.15) is 0 Å². The highest BCUT2D eigenvalue weighted by Crippen LogP contribution is 1.97. The number of nitrogens with zero attached hydrogens (tertiary/aromatic N) is 1. The number of carboxylic acid groups (broad SMARTS) is 1. The van der Waals surface area contributed by atoms with Gasteiger partial charge in [-0.05, 0) is 6.92 Å². The Labute approximate surface area is 63.9 Å². The normalized spacial score (nSPS) is 13.4. The summed E-state index contributed by atoms with van der Waals surface area (Å²) < 4.78 is 0. The van der Waals surface area contributed by atoms with Gasteiger partial charge in [0.15, 0.2) is 5.70 Å². The molecule has 56 valence electrons. The lowest BCUT2D eigenvalue weighted by atomic mass is 10.5. The minimum Gasteiger partial charge on any atom is -0.476 e. The molecule has 0 aliphatic heterocycles. The second-order valence-corrected chi connectivity index (χ2v) is 1.83. The zero-order valence-electron chi connectivity index (χ0n) is 5.40. The minimum atomic E-state index is -1.14. The van der Waals surface area contributed by atoms with Crippen LogP contribution in [0, 0.1) is 0 Å². The molecule has 0 aliphatic rings. The molecule has 0 aromatic rings. The summed E-state index contributed by atoms with van der Waals surface area (Å²) in [6.07, 6.45) is 0. The van der Waals surface area contributed by atoms with E-state index in [4.69, 9.17) is 10.8 Å². The average Bonchev–Trinajstić information content (AvgIpc) is 1.81. The van der Waals surface area contributed by atoms with Crippen molar-refractivity contribution in [2.24, 2.45) is 10.7 Å². The number of aliphatic imine (C=N–C) groups is 1. The van der Waals surface area contributed by atoms with Gasteiger partial charge in [-0.3, -0.25) is 0 Å². The molecule has 0 amide bonds. The third-order valence-corrected chi connectivity index (χ3v) is 0.883. The largest absolute Gasteiger partial charge is 0.476 e. The molecule has 10 heavy (non-hydrogen) atoms. The maximum absolute atomic E-state index is 10.2. The van der Waals surface area contributed by atoms with Crippen molar-refractivity contribution in [3.05, 3.63) is 11.1 Å². The van der Waals surface area contributed by atoms with Gasteiger partial charge in [-0.1, -0.05) is 0 Å². The Balaban J connectivity index is 4.42. The van der Waals surface area contributed by atoms with Gasteiger partial charge in [-0.25, -0.2) is 9.79 Å². The molecular weight excluding hydrogens is 152 g/mol. The number of carboxylic acids is 1. The molecule has 0 saturated heterocycles. The maximum atomic E-state index is 10.2.